The molecule has 186 valence electrons. The van der Waals surface area contributed by atoms with E-state index < -0.39 is 6.36 Å². The van der Waals surface area contributed by atoms with Gasteiger partial charge < -0.3 is 4.74 Å². The van der Waals surface area contributed by atoms with Gasteiger partial charge in [0.05, 0.1) is 0 Å². The van der Waals surface area contributed by atoms with E-state index in [4.69, 9.17) is 0 Å². The molecule has 0 amide bonds. The molecule has 0 aromatic heterocycles. The molecular formula is C30H32F4O. The van der Waals surface area contributed by atoms with E-state index in [0.717, 1.165) is 16.9 Å². The molecule has 0 unspecified atom stereocenters. The molecule has 1 aliphatic rings. The Kier molecular flexibility index (Phi) is 8.15. The SMILES string of the molecule is C/C=C/CCC1CCC(c2ccc3c(F)c(CCc4ccc(OC(F)(F)F)cc4)ccc3c2)CC1. The quantitative estimate of drug-likeness (QED) is 0.229. The molecule has 1 nitrogen and oxygen atoms in total. The monoisotopic (exact) mass is 484 g/mol. The van der Waals surface area contributed by atoms with Crippen LogP contribution in [0.4, 0.5) is 17.6 Å². The van der Waals surface area contributed by atoms with Gasteiger partial charge in [-0.15, -0.1) is 13.2 Å². The van der Waals surface area contributed by atoms with Crippen molar-refractivity contribution in [3.05, 3.63) is 89.3 Å². The maximum Gasteiger partial charge on any atom is 0.573 e. The van der Waals surface area contributed by atoms with Crippen molar-refractivity contribution in [1.82, 2.24) is 0 Å². The smallest absolute Gasteiger partial charge is 0.406 e. The number of ether oxygens (including phenoxy) is 1. The van der Waals surface area contributed by atoms with E-state index in [-0.39, 0.29) is 11.6 Å². The Bertz CT molecular complexity index is 1140. The predicted molar refractivity (Wildman–Crippen MR) is 133 cm³/mol. The summed E-state index contributed by atoms with van der Waals surface area (Å²) in [5.74, 6) is 0.899. The molecule has 5 heteroatoms. The van der Waals surface area contributed by atoms with Crippen LogP contribution in [0.15, 0.2) is 66.7 Å². The van der Waals surface area contributed by atoms with E-state index >= 15 is 4.39 Å². The van der Waals surface area contributed by atoms with Gasteiger partial charge in [0.1, 0.15) is 11.6 Å². The third-order valence-electron chi connectivity index (χ3n) is 7.19. The van der Waals surface area contributed by atoms with E-state index in [9.17, 15) is 13.2 Å². The first-order chi connectivity index (χ1) is 16.8. The van der Waals surface area contributed by atoms with E-state index in [1.54, 1.807) is 12.1 Å². The molecule has 35 heavy (non-hydrogen) atoms. The van der Waals surface area contributed by atoms with Crippen LogP contribution in [0.2, 0.25) is 0 Å². The standard InChI is InChI=1S/C30H32F4O/c1-2-3-4-5-21-6-11-23(12-7-21)25-16-19-28-26(20-25)15-14-24(29(28)31)13-8-22-9-17-27(18-10-22)35-30(32,33)34/h2-3,9-10,14-21,23H,4-8,11-13H2,1H3/b3-2+. The van der Waals surface area contributed by atoms with Gasteiger partial charge in [0.15, 0.2) is 0 Å². The number of aryl methyl sites for hydroxylation is 2. The number of fused-ring (bicyclic) bond motifs is 1. The van der Waals surface area contributed by atoms with Crippen molar-refractivity contribution in [3.8, 4) is 5.75 Å². The van der Waals surface area contributed by atoms with E-state index in [1.807, 2.05) is 18.2 Å². The van der Waals surface area contributed by atoms with Crippen molar-refractivity contribution in [2.75, 3.05) is 0 Å². The largest absolute Gasteiger partial charge is 0.573 e. The van der Waals surface area contributed by atoms with Gasteiger partial charge in [0.2, 0.25) is 0 Å². The highest BCUT2D eigenvalue weighted by molar-refractivity contribution is 5.84. The summed E-state index contributed by atoms with van der Waals surface area (Å²) in [6.07, 6.45) is 8.02. The number of halogens is 4. The Morgan fingerprint density at radius 1 is 0.914 bits per heavy atom. The van der Waals surface area contributed by atoms with Gasteiger partial charge in [-0.05, 0) is 104 Å². The van der Waals surface area contributed by atoms with Gasteiger partial charge in [-0.1, -0.05) is 54.6 Å². The molecule has 0 spiro atoms. The van der Waals surface area contributed by atoms with Crippen LogP contribution >= 0.6 is 0 Å². The second-order valence-corrected chi connectivity index (χ2v) is 9.58. The minimum Gasteiger partial charge on any atom is -0.406 e. The number of rotatable bonds is 8. The highest BCUT2D eigenvalue weighted by Crippen LogP contribution is 2.38. The summed E-state index contributed by atoms with van der Waals surface area (Å²) in [6, 6.07) is 15.7. The van der Waals surface area contributed by atoms with Crippen molar-refractivity contribution in [2.45, 2.75) is 70.6 Å². The normalized spacial score (nSPS) is 18.9. The molecule has 3 aromatic carbocycles. The van der Waals surface area contributed by atoms with Gasteiger partial charge >= 0.3 is 6.36 Å². The topological polar surface area (TPSA) is 9.23 Å². The fourth-order valence-corrected chi connectivity index (χ4v) is 5.22. The van der Waals surface area contributed by atoms with Crippen molar-refractivity contribution in [3.63, 3.8) is 0 Å². The lowest BCUT2D eigenvalue weighted by atomic mass is 9.77. The van der Waals surface area contributed by atoms with Crippen LogP contribution in [-0.4, -0.2) is 6.36 Å². The zero-order valence-corrected chi connectivity index (χ0v) is 20.1. The average molecular weight is 485 g/mol. The molecular weight excluding hydrogens is 452 g/mol. The number of hydrogen-bond donors (Lipinski definition) is 0. The molecule has 4 rings (SSSR count). The molecule has 1 saturated carbocycles. The zero-order chi connectivity index (χ0) is 24.8. The Labute approximate surface area is 204 Å². The maximum absolute atomic E-state index is 15.2. The summed E-state index contributed by atoms with van der Waals surface area (Å²) in [5.41, 5.74) is 2.75. The lowest BCUT2D eigenvalue weighted by Crippen LogP contribution is -2.17. The number of benzene rings is 3. The fraction of sp³-hybridized carbons (Fsp3) is 0.400. The molecule has 0 atom stereocenters. The van der Waals surface area contributed by atoms with E-state index in [0.29, 0.717) is 29.7 Å². The van der Waals surface area contributed by atoms with Crippen LogP contribution in [-0.2, 0) is 12.8 Å². The molecule has 1 fully saturated rings. The Hall–Kier alpha value is -2.82. The maximum atomic E-state index is 15.2. The third kappa shape index (κ3) is 6.87. The lowest BCUT2D eigenvalue weighted by Gasteiger charge is -2.29. The molecule has 3 aromatic rings. The van der Waals surface area contributed by atoms with Crippen molar-refractivity contribution >= 4 is 10.8 Å². The van der Waals surface area contributed by atoms with Crippen molar-refractivity contribution in [2.24, 2.45) is 5.92 Å². The highest BCUT2D eigenvalue weighted by atomic mass is 19.4. The Morgan fingerprint density at radius 2 is 1.66 bits per heavy atom. The predicted octanol–water partition coefficient (Wildman–Crippen LogP) is 9.29. The van der Waals surface area contributed by atoms with Crippen LogP contribution in [0.1, 0.15) is 68.1 Å². The molecule has 0 saturated heterocycles. The van der Waals surface area contributed by atoms with Crippen molar-refractivity contribution < 1.29 is 22.3 Å². The second kappa shape index (κ2) is 11.3. The van der Waals surface area contributed by atoms with Gasteiger partial charge in [0.25, 0.3) is 0 Å². The van der Waals surface area contributed by atoms with Gasteiger partial charge in [-0.25, -0.2) is 4.39 Å². The molecule has 1 aliphatic carbocycles. The summed E-state index contributed by atoms with van der Waals surface area (Å²) in [6.45, 7) is 2.07. The summed E-state index contributed by atoms with van der Waals surface area (Å²) < 4.78 is 56.1. The average Bonchev–Trinajstić information content (AvgIpc) is 2.84. The number of allylic oxidation sites excluding steroid dienone is 2. The van der Waals surface area contributed by atoms with Gasteiger partial charge in [-0.3, -0.25) is 0 Å². The molecule has 0 bridgehead atoms. The lowest BCUT2D eigenvalue weighted by molar-refractivity contribution is -0.274. The van der Waals surface area contributed by atoms with Crippen LogP contribution in [0.3, 0.4) is 0 Å². The van der Waals surface area contributed by atoms with Crippen LogP contribution in [0.5, 0.6) is 5.75 Å². The first kappa shape index (κ1) is 25.3. The fourth-order valence-electron chi connectivity index (χ4n) is 5.22. The first-order valence-corrected chi connectivity index (χ1v) is 12.5. The highest BCUT2D eigenvalue weighted by Gasteiger charge is 2.31. The Morgan fingerprint density at radius 3 is 2.34 bits per heavy atom. The van der Waals surface area contributed by atoms with Gasteiger partial charge in [0, 0.05) is 5.39 Å². The molecule has 0 radical (unpaired) electrons. The second-order valence-electron chi connectivity index (χ2n) is 9.58. The molecule has 0 N–H and O–H groups in total. The first-order valence-electron chi connectivity index (χ1n) is 12.5. The summed E-state index contributed by atoms with van der Waals surface area (Å²) in [5, 5.41) is 1.55. The third-order valence-corrected chi connectivity index (χ3v) is 7.19. The Balaban J connectivity index is 1.38. The number of alkyl halides is 3. The molecule has 0 aliphatic heterocycles. The summed E-state index contributed by atoms with van der Waals surface area (Å²) in [7, 11) is 0. The molecule has 0 heterocycles. The van der Waals surface area contributed by atoms with Crippen molar-refractivity contribution in [1.29, 1.82) is 0 Å². The van der Waals surface area contributed by atoms with E-state index in [2.05, 4.69) is 35.9 Å². The van der Waals surface area contributed by atoms with Crippen LogP contribution in [0, 0.1) is 11.7 Å². The summed E-state index contributed by atoms with van der Waals surface area (Å²) >= 11 is 0. The van der Waals surface area contributed by atoms with Gasteiger partial charge in [-0.2, -0.15) is 0 Å². The zero-order valence-electron chi connectivity index (χ0n) is 20.1. The minimum atomic E-state index is -4.71. The van der Waals surface area contributed by atoms with Crippen LogP contribution in [0.25, 0.3) is 10.8 Å². The minimum absolute atomic E-state index is 0.209. The number of hydrogen-bond acceptors (Lipinski definition) is 1. The summed E-state index contributed by atoms with van der Waals surface area (Å²) in [4.78, 5) is 0. The van der Waals surface area contributed by atoms with E-state index in [1.165, 1.54) is 56.2 Å². The van der Waals surface area contributed by atoms with Crippen LogP contribution < -0.4 is 4.74 Å².